The Morgan fingerprint density at radius 2 is 1.76 bits per heavy atom. The third-order valence-corrected chi connectivity index (χ3v) is 5.62. The predicted octanol–water partition coefficient (Wildman–Crippen LogP) is 2.38. The summed E-state index contributed by atoms with van der Waals surface area (Å²) in [5.74, 6) is -4.63. The normalized spacial score (nSPS) is 11.0. The third kappa shape index (κ3) is 5.79. The topological polar surface area (TPSA) is 131 Å². The number of H-pyrrole nitrogens is 1. The molecule has 4 aromatic rings. The van der Waals surface area contributed by atoms with Gasteiger partial charge in [-0.25, -0.2) is 27.3 Å². The van der Waals surface area contributed by atoms with Crippen LogP contribution < -0.4 is 27.0 Å². The second-order valence-corrected chi connectivity index (χ2v) is 8.32. The SMILES string of the molecule is O=c1[nH]cccc1Cn1c(=O)nc(Nc2ccc(OCCO)cc2Cl)n(Cc2cc(F)c(F)c(F)c2)c1=O. The van der Waals surface area contributed by atoms with Crippen molar-refractivity contribution in [2.24, 2.45) is 0 Å². The number of pyridine rings is 1. The molecule has 3 N–H and O–H groups in total. The second-order valence-electron chi connectivity index (χ2n) is 7.91. The Morgan fingerprint density at radius 3 is 2.42 bits per heavy atom. The first kappa shape index (κ1) is 26.7. The van der Waals surface area contributed by atoms with Gasteiger partial charge in [0.1, 0.15) is 12.4 Å². The molecule has 0 unspecified atom stereocenters. The van der Waals surface area contributed by atoms with Crippen LogP contribution in [0, 0.1) is 17.5 Å². The molecule has 0 atom stereocenters. The van der Waals surface area contributed by atoms with Crippen molar-refractivity contribution in [3.05, 3.63) is 114 Å². The second kappa shape index (κ2) is 11.4. The number of aliphatic hydroxyl groups is 1. The largest absolute Gasteiger partial charge is 0.491 e. The molecule has 2 aromatic heterocycles. The minimum Gasteiger partial charge on any atom is -0.491 e. The van der Waals surface area contributed by atoms with Gasteiger partial charge in [0.05, 0.1) is 30.4 Å². The highest BCUT2D eigenvalue weighted by atomic mass is 35.5. The van der Waals surface area contributed by atoms with Gasteiger partial charge in [-0.2, -0.15) is 4.98 Å². The fraction of sp³-hybridized carbons (Fsp3) is 0.167. The number of aliphatic hydroxyl groups excluding tert-OH is 1. The van der Waals surface area contributed by atoms with E-state index in [1.807, 2.05) is 0 Å². The lowest BCUT2D eigenvalue weighted by atomic mass is 10.2. The molecule has 0 spiro atoms. The van der Waals surface area contributed by atoms with Crippen LogP contribution >= 0.6 is 11.6 Å². The Labute approximate surface area is 216 Å². The molecular weight excluding hydrogens is 531 g/mol. The zero-order chi connectivity index (χ0) is 27.4. The lowest BCUT2D eigenvalue weighted by molar-refractivity contribution is 0.201. The van der Waals surface area contributed by atoms with Crippen LogP contribution in [0.4, 0.5) is 24.8 Å². The highest BCUT2D eigenvalue weighted by Gasteiger charge is 2.18. The average molecular weight is 550 g/mol. The quantitative estimate of drug-likeness (QED) is 0.273. The van der Waals surface area contributed by atoms with Crippen molar-refractivity contribution in [3.8, 4) is 5.75 Å². The van der Waals surface area contributed by atoms with E-state index in [0.29, 0.717) is 22.4 Å². The summed E-state index contributed by atoms with van der Waals surface area (Å²) in [5, 5.41) is 11.7. The van der Waals surface area contributed by atoms with Crippen LogP contribution in [0.5, 0.6) is 5.75 Å². The molecular formula is C24H19ClF3N5O5. The highest BCUT2D eigenvalue weighted by Crippen LogP contribution is 2.28. The standard InChI is InChI=1S/C24H19ClF3N5O5/c25-16-10-15(38-7-6-34)3-4-19(16)30-22-31-23(36)33(12-14-2-1-5-29-21(14)35)24(37)32(22)11-13-8-17(26)20(28)18(27)9-13/h1-5,8-10,34H,6-7,11-12H2,(H,29,35)(H,30,31,36). The van der Waals surface area contributed by atoms with Crippen LogP contribution in [0.2, 0.25) is 5.02 Å². The summed E-state index contributed by atoms with van der Waals surface area (Å²) >= 11 is 6.28. The number of nitrogens with zero attached hydrogens (tertiary/aromatic N) is 3. The van der Waals surface area contributed by atoms with Crippen molar-refractivity contribution < 1.29 is 23.0 Å². The lowest BCUT2D eigenvalue weighted by Crippen LogP contribution is -2.43. The number of hydrogen-bond acceptors (Lipinski definition) is 7. The maximum Gasteiger partial charge on any atom is 0.355 e. The Hall–Kier alpha value is -4.36. The number of ether oxygens (including phenoxy) is 1. The number of anilines is 2. The van der Waals surface area contributed by atoms with E-state index in [-0.39, 0.29) is 41.0 Å². The molecule has 2 aromatic carbocycles. The zero-order valence-corrected chi connectivity index (χ0v) is 20.1. The maximum absolute atomic E-state index is 13.9. The van der Waals surface area contributed by atoms with Crippen LogP contribution in [0.1, 0.15) is 11.1 Å². The van der Waals surface area contributed by atoms with E-state index in [1.165, 1.54) is 36.5 Å². The molecule has 14 heteroatoms. The van der Waals surface area contributed by atoms with Crippen LogP contribution in [0.25, 0.3) is 0 Å². The van der Waals surface area contributed by atoms with E-state index >= 15 is 0 Å². The molecule has 10 nitrogen and oxygen atoms in total. The fourth-order valence-corrected chi connectivity index (χ4v) is 3.72. The molecule has 0 saturated heterocycles. The summed E-state index contributed by atoms with van der Waals surface area (Å²) in [7, 11) is 0. The van der Waals surface area contributed by atoms with E-state index in [1.54, 1.807) is 0 Å². The molecule has 0 aliphatic carbocycles. The van der Waals surface area contributed by atoms with Crippen molar-refractivity contribution in [2.75, 3.05) is 18.5 Å². The molecule has 0 radical (unpaired) electrons. The first-order valence-corrected chi connectivity index (χ1v) is 11.4. The molecule has 38 heavy (non-hydrogen) atoms. The molecule has 0 aliphatic heterocycles. The van der Waals surface area contributed by atoms with Gasteiger partial charge >= 0.3 is 11.4 Å². The van der Waals surface area contributed by atoms with Crippen LogP contribution in [0.15, 0.2) is 63.0 Å². The van der Waals surface area contributed by atoms with Crippen molar-refractivity contribution in [1.29, 1.82) is 0 Å². The highest BCUT2D eigenvalue weighted by molar-refractivity contribution is 6.33. The number of aromatic nitrogens is 4. The van der Waals surface area contributed by atoms with Gasteiger partial charge in [-0.05, 0) is 35.9 Å². The number of halogens is 4. The molecule has 0 bridgehead atoms. The van der Waals surface area contributed by atoms with Crippen LogP contribution in [0.3, 0.4) is 0 Å². The summed E-state index contributed by atoms with van der Waals surface area (Å²) in [6.45, 7) is -1.16. The predicted molar refractivity (Wildman–Crippen MR) is 132 cm³/mol. The fourth-order valence-electron chi connectivity index (χ4n) is 3.51. The van der Waals surface area contributed by atoms with E-state index in [2.05, 4.69) is 15.3 Å². The molecule has 4 rings (SSSR count). The average Bonchev–Trinajstić information content (AvgIpc) is 2.88. The minimum atomic E-state index is -1.68. The number of benzene rings is 2. The van der Waals surface area contributed by atoms with E-state index < -0.39 is 47.5 Å². The van der Waals surface area contributed by atoms with Gasteiger partial charge in [0.15, 0.2) is 17.5 Å². The summed E-state index contributed by atoms with van der Waals surface area (Å²) in [6.07, 6.45) is 1.37. The van der Waals surface area contributed by atoms with Gasteiger partial charge in [-0.3, -0.25) is 9.36 Å². The van der Waals surface area contributed by atoms with Crippen LogP contribution in [-0.2, 0) is 13.1 Å². The number of aromatic amines is 1. The number of rotatable bonds is 9. The molecule has 0 aliphatic rings. The summed E-state index contributed by atoms with van der Waals surface area (Å²) in [6, 6.07) is 8.68. The number of hydrogen-bond donors (Lipinski definition) is 3. The molecule has 198 valence electrons. The van der Waals surface area contributed by atoms with E-state index in [4.69, 9.17) is 21.4 Å². The first-order chi connectivity index (χ1) is 18.2. The van der Waals surface area contributed by atoms with E-state index in [9.17, 15) is 27.6 Å². The monoisotopic (exact) mass is 549 g/mol. The number of nitrogens with one attached hydrogen (secondary N) is 2. The maximum atomic E-state index is 13.9. The van der Waals surface area contributed by atoms with Crippen molar-refractivity contribution in [1.82, 2.24) is 19.1 Å². The summed E-state index contributed by atoms with van der Waals surface area (Å²) < 4.78 is 48.1. The Balaban J connectivity index is 1.81. The smallest absolute Gasteiger partial charge is 0.355 e. The minimum absolute atomic E-state index is 0.0253. The Morgan fingerprint density at radius 1 is 1.03 bits per heavy atom. The zero-order valence-electron chi connectivity index (χ0n) is 19.4. The van der Waals surface area contributed by atoms with Crippen molar-refractivity contribution in [3.63, 3.8) is 0 Å². The van der Waals surface area contributed by atoms with Gasteiger partial charge in [0, 0.05) is 17.8 Å². The molecule has 0 fully saturated rings. The van der Waals surface area contributed by atoms with Gasteiger partial charge < -0.3 is 20.1 Å². The van der Waals surface area contributed by atoms with Crippen molar-refractivity contribution in [2.45, 2.75) is 13.1 Å². The van der Waals surface area contributed by atoms with Crippen LogP contribution in [-0.4, -0.2) is 37.4 Å². The van der Waals surface area contributed by atoms with Gasteiger partial charge in [-0.1, -0.05) is 17.7 Å². The summed E-state index contributed by atoms with van der Waals surface area (Å²) in [5.41, 5.74) is -2.40. The van der Waals surface area contributed by atoms with Crippen molar-refractivity contribution >= 4 is 23.2 Å². The van der Waals surface area contributed by atoms with Gasteiger partial charge in [-0.15, -0.1) is 0 Å². The first-order valence-electron chi connectivity index (χ1n) is 11.0. The van der Waals surface area contributed by atoms with E-state index in [0.717, 1.165) is 4.57 Å². The Kier molecular flexibility index (Phi) is 7.98. The molecule has 0 saturated carbocycles. The third-order valence-electron chi connectivity index (χ3n) is 5.31. The summed E-state index contributed by atoms with van der Waals surface area (Å²) in [4.78, 5) is 44.6. The Bertz CT molecular complexity index is 1650. The molecule has 0 amide bonds. The van der Waals surface area contributed by atoms with Gasteiger partial charge in [0.25, 0.3) is 5.56 Å². The lowest BCUT2D eigenvalue weighted by Gasteiger charge is -2.17. The van der Waals surface area contributed by atoms with Gasteiger partial charge in [0.2, 0.25) is 5.95 Å². The molecule has 2 heterocycles.